The summed E-state index contributed by atoms with van der Waals surface area (Å²) in [5, 5.41) is 0.820. The van der Waals surface area contributed by atoms with Crippen molar-refractivity contribution in [2.24, 2.45) is 0 Å². The number of thiazole rings is 1. The van der Waals surface area contributed by atoms with E-state index in [1.54, 1.807) is 11.1 Å². The smallest absolute Gasteiger partial charge is 0.271 e. The Labute approximate surface area is 143 Å². The number of pyridine rings is 1. The van der Waals surface area contributed by atoms with Gasteiger partial charge in [-0.3, -0.25) is 9.69 Å². The second kappa shape index (κ2) is 6.41. The van der Waals surface area contributed by atoms with Crippen molar-refractivity contribution in [2.45, 2.75) is 13.0 Å². The van der Waals surface area contributed by atoms with E-state index in [2.05, 4.69) is 9.97 Å². The van der Waals surface area contributed by atoms with Crippen LogP contribution in [0.1, 0.15) is 20.4 Å². The van der Waals surface area contributed by atoms with E-state index in [-0.39, 0.29) is 5.91 Å². The Morgan fingerprint density at radius 3 is 2.75 bits per heavy atom. The first kappa shape index (κ1) is 14.8. The molecule has 0 fully saturated rings. The van der Waals surface area contributed by atoms with Crippen LogP contribution in [-0.4, -0.2) is 22.4 Å². The number of carbonyl (C=O) groups excluding carboxylic acids is 1. The number of amides is 1. The summed E-state index contributed by atoms with van der Waals surface area (Å²) in [5.74, 6) is 1.45. The van der Waals surface area contributed by atoms with Crippen LogP contribution in [0, 0.1) is 0 Å². The molecule has 3 heterocycles. The molecule has 24 heavy (non-hydrogen) atoms. The molecule has 0 spiro atoms. The molecule has 2 aromatic heterocycles. The molecule has 0 radical (unpaired) electrons. The van der Waals surface area contributed by atoms with Crippen molar-refractivity contribution in [3.8, 4) is 5.75 Å². The fourth-order valence-corrected chi connectivity index (χ4v) is 3.61. The second-order valence-corrected chi connectivity index (χ2v) is 6.46. The van der Waals surface area contributed by atoms with E-state index in [9.17, 15) is 4.79 Å². The van der Waals surface area contributed by atoms with Crippen LogP contribution in [-0.2, 0) is 13.0 Å². The van der Waals surface area contributed by atoms with Gasteiger partial charge in [0.2, 0.25) is 0 Å². The van der Waals surface area contributed by atoms with Gasteiger partial charge in [0, 0.05) is 19.2 Å². The zero-order chi connectivity index (χ0) is 16.4. The Bertz CT molecular complexity index is 849. The standard InChI is InChI=1S/C18H15N3O2S/c22-18-17-14(9-11-21(18)15-8-4-5-10-19-15)20-16(24-17)12-23-13-6-2-1-3-7-13/h1-8,10H,9,11-12H2. The average Bonchev–Trinajstić information content (AvgIpc) is 3.06. The third-order valence-electron chi connectivity index (χ3n) is 3.78. The van der Waals surface area contributed by atoms with Crippen LogP contribution in [0.5, 0.6) is 5.75 Å². The third kappa shape index (κ3) is 2.88. The Morgan fingerprint density at radius 2 is 1.96 bits per heavy atom. The highest BCUT2D eigenvalue weighted by atomic mass is 32.1. The summed E-state index contributed by atoms with van der Waals surface area (Å²) in [6.45, 7) is 0.976. The lowest BCUT2D eigenvalue weighted by Gasteiger charge is -2.24. The highest BCUT2D eigenvalue weighted by Crippen LogP contribution is 2.28. The zero-order valence-corrected chi connectivity index (χ0v) is 13.7. The molecular formula is C18H15N3O2S. The van der Waals surface area contributed by atoms with Crippen LogP contribution in [0.2, 0.25) is 0 Å². The molecule has 0 atom stereocenters. The van der Waals surface area contributed by atoms with Crippen LogP contribution in [0.25, 0.3) is 0 Å². The van der Waals surface area contributed by atoms with Gasteiger partial charge in [0.15, 0.2) is 0 Å². The molecule has 3 aromatic rings. The number of benzene rings is 1. The Hall–Kier alpha value is -2.73. The number of anilines is 1. The second-order valence-electron chi connectivity index (χ2n) is 5.38. The highest BCUT2D eigenvalue weighted by molar-refractivity contribution is 7.14. The fraction of sp³-hybridized carbons (Fsp3) is 0.167. The van der Waals surface area contributed by atoms with E-state index < -0.39 is 0 Å². The number of hydrogen-bond acceptors (Lipinski definition) is 5. The van der Waals surface area contributed by atoms with Gasteiger partial charge >= 0.3 is 0 Å². The first-order valence-electron chi connectivity index (χ1n) is 7.70. The lowest BCUT2D eigenvalue weighted by molar-refractivity contribution is 0.0983. The van der Waals surface area contributed by atoms with E-state index in [1.807, 2.05) is 48.5 Å². The predicted molar refractivity (Wildman–Crippen MR) is 92.5 cm³/mol. The quantitative estimate of drug-likeness (QED) is 0.733. The zero-order valence-electron chi connectivity index (χ0n) is 12.9. The van der Waals surface area contributed by atoms with E-state index in [4.69, 9.17) is 4.74 Å². The molecule has 0 saturated carbocycles. The van der Waals surface area contributed by atoms with Crippen molar-refractivity contribution < 1.29 is 9.53 Å². The van der Waals surface area contributed by atoms with Gasteiger partial charge in [-0.05, 0) is 24.3 Å². The molecule has 120 valence electrons. The maximum atomic E-state index is 12.7. The number of nitrogens with zero attached hydrogens (tertiary/aromatic N) is 3. The van der Waals surface area contributed by atoms with E-state index >= 15 is 0 Å². The van der Waals surface area contributed by atoms with Crippen molar-refractivity contribution in [2.75, 3.05) is 11.4 Å². The van der Waals surface area contributed by atoms with Gasteiger partial charge in [-0.2, -0.15) is 0 Å². The number of rotatable bonds is 4. The monoisotopic (exact) mass is 337 g/mol. The first-order chi connectivity index (χ1) is 11.8. The van der Waals surface area contributed by atoms with E-state index in [0.29, 0.717) is 23.8 Å². The average molecular weight is 337 g/mol. The highest BCUT2D eigenvalue weighted by Gasteiger charge is 2.29. The normalized spacial score (nSPS) is 13.7. The van der Waals surface area contributed by atoms with Crippen molar-refractivity contribution in [1.82, 2.24) is 9.97 Å². The van der Waals surface area contributed by atoms with Gasteiger partial charge in [0.1, 0.15) is 28.1 Å². The van der Waals surface area contributed by atoms with Gasteiger partial charge in [-0.25, -0.2) is 9.97 Å². The topological polar surface area (TPSA) is 55.3 Å². The minimum absolute atomic E-state index is 0.0292. The Balaban J connectivity index is 1.52. The maximum absolute atomic E-state index is 12.7. The van der Waals surface area contributed by atoms with Gasteiger partial charge in [0.05, 0.1) is 5.69 Å². The van der Waals surface area contributed by atoms with Gasteiger partial charge in [0.25, 0.3) is 5.91 Å². The number of para-hydroxylation sites is 1. The molecule has 0 unspecified atom stereocenters. The van der Waals surface area contributed by atoms with Crippen molar-refractivity contribution in [1.29, 1.82) is 0 Å². The van der Waals surface area contributed by atoms with Crippen LogP contribution >= 0.6 is 11.3 Å². The molecule has 5 nitrogen and oxygen atoms in total. The largest absolute Gasteiger partial charge is 0.486 e. The molecule has 6 heteroatoms. The molecule has 1 aliphatic heterocycles. The van der Waals surface area contributed by atoms with Crippen LogP contribution in [0.3, 0.4) is 0 Å². The number of fused-ring (bicyclic) bond motifs is 1. The minimum atomic E-state index is -0.0292. The van der Waals surface area contributed by atoms with Gasteiger partial charge in [-0.1, -0.05) is 24.3 Å². The molecule has 0 bridgehead atoms. The Kier molecular flexibility index (Phi) is 3.96. The molecular weight excluding hydrogens is 322 g/mol. The molecule has 1 amide bonds. The number of hydrogen-bond donors (Lipinski definition) is 0. The van der Waals surface area contributed by atoms with E-state index in [1.165, 1.54) is 11.3 Å². The third-order valence-corrected chi connectivity index (χ3v) is 4.84. The van der Waals surface area contributed by atoms with Crippen molar-refractivity contribution in [3.63, 3.8) is 0 Å². The molecule has 0 N–H and O–H groups in total. The van der Waals surface area contributed by atoms with Crippen LogP contribution in [0.15, 0.2) is 54.7 Å². The number of carbonyl (C=O) groups is 1. The summed E-state index contributed by atoms with van der Waals surface area (Å²) >= 11 is 1.41. The van der Waals surface area contributed by atoms with Gasteiger partial charge < -0.3 is 4.74 Å². The van der Waals surface area contributed by atoms with Crippen LogP contribution in [0.4, 0.5) is 5.82 Å². The predicted octanol–water partition coefficient (Wildman–Crippen LogP) is 3.32. The number of aromatic nitrogens is 2. The summed E-state index contributed by atoms with van der Waals surface area (Å²) in [4.78, 5) is 24.0. The summed E-state index contributed by atoms with van der Waals surface area (Å²) in [6.07, 6.45) is 2.43. The van der Waals surface area contributed by atoms with Crippen molar-refractivity contribution in [3.05, 3.63) is 70.3 Å². The minimum Gasteiger partial charge on any atom is -0.486 e. The molecule has 1 aromatic carbocycles. The van der Waals surface area contributed by atoms with Gasteiger partial charge in [-0.15, -0.1) is 11.3 Å². The maximum Gasteiger partial charge on any atom is 0.271 e. The molecule has 4 rings (SSSR count). The summed E-state index contributed by atoms with van der Waals surface area (Å²) in [7, 11) is 0. The lowest BCUT2D eigenvalue weighted by atomic mass is 10.1. The Morgan fingerprint density at radius 1 is 1.12 bits per heavy atom. The molecule has 0 aliphatic carbocycles. The molecule has 1 aliphatic rings. The summed E-state index contributed by atoms with van der Waals surface area (Å²) in [6, 6.07) is 15.2. The summed E-state index contributed by atoms with van der Waals surface area (Å²) in [5.41, 5.74) is 0.865. The first-order valence-corrected chi connectivity index (χ1v) is 8.52. The SMILES string of the molecule is O=C1c2sc(COc3ccccc3)nc2CCN1c1ccccn1. The lowest BCUT2D eigenvalue weighted by Crippen LogP contribution is -2.37. The summed E-state index contributed by atoms with van der Waals surface area (Å²) < 4.78 is 5.73. The van der Waals surface area contributed by atoms with Crippen molar-refractivity contribution >= 4 is 23.1 Å². The molecule has 0 saturated heterocycles. The number of ether oxygens (including phenoxy) is 1. The van der Waals surface area contributed by atoms with E-state index in [0.717, 1.165) is 22.9 Å². The van der Waals surface area contributed by atoms with Crippen LogP contribution < -0.4 is 9.64 Å². The fourth-order valence-electron chi connectivity index (χ4n) is 2.63.